The molecule has 0 aliphatic carbocycles. The normalized spacial score (nSPS) is 20.5. The summed E-state index contributed by atoms with van der Waals surface area (Å²) in [6, 6.07) is 9.84. The maximum Gasteiger partial charge on any atom is 0.101 e. The van der Waals surface area contributed by atoms with Crippen LogP contribution >= 0.6 is 0 Å². The van der Waals surface area contributed by atoms with E-state index >= 15 is 0 Å². The number of ether oxygens (including phenoxy) is 1. The number of para-hydroxylation sites is 1. The molecule has 1 aromatic rings. The van der Waals surface area contributed by atoms with Gasteiger partial charge in [0, 0.05) is 19.6 Å². The average Bonchev–Trinajstić information content (AvgIpc) is 2.38. The highest BCUT2D eigenvalue weighted by atomic mass is 16.5. The predicted molar refractivity (Wildman–Crippen MR) is 62.2 cm³/mol. The number of benzene rings is 1. The van der Waals surface area contributed by atoms with Crippen LogP contribution in [0.5, 0.6) is 0 Å². The van der Waals surface area contributed by atoms with Crippen LogP contribution < -0.4 is 10.6 Å². The van der Waals surface area contributed by atoms with E-state index < -0.39 is 0 Å². The summed E-state index contributed by atoms with van der Waals surface area (Å²) in [5.41, 5.74) is 7.28. The Balaban J connectivity index is 2.20. The molecule has 0 spiro atoms. The van der Waals surface area contributed by atoms with E-state index in [1.165, 1.54) is 0 Å². The molecule has 1 saturated heterocycles. The van der Waals surface area contributed by atoms with E-state index in [1.807, 2.05) is 24.3 Å². The van der Waals surface area contributed by atoms with Gasteiger partial charge in [-0.15, -0.1) is 0 Å². The lowest BCUT2D eigenvalue weighted by molar-refractivity contribution is 0.0465. The van der Waals surface area contributed by atoms with Crippen molar-refractivity contribution in [2.24, 2.45) is 5.73 Å². The first-order valence-corrected chi connectivity index (χ1v) is 5.41. The van der Waals surface area contributed by atoms with Gasteiger partial charge in [0.1, 0.15) is 6.07 Å². The van der Waals surface area contributed by atoms with Crippen molar-refractivity contribution in [1.82, 2.24) is 0 Å². The molecule has 2 rings (SSSR count). The fourth-order valence-electron chi connectivity index (χ4n) is 1.92. The first-order chi connectivity index (χ1) is 7.85. The monoisotopic (exact) mass is 217 g/mol. The van der Waals surface area contributed by atoms with Crippen LogP contribution in [-0.2, 0) is 4.74 Å². The van der Waals surface area contributed by atoms with Crippen LogP contribution in [0.3, 0.4) is 0 Å². The number of nitrogens with zero attached hydrogens (tertiary/aromatic N) is 2. The molecule has 1 aliphatic rings. The van der Waals surface area contributed by atoms with E-state index in [9.17, 15) is 0 Å². The van der Waals surface area contributed by atoms with Crippen LogP contribution in [0.2, 0.25) is 0 Å². The maximum absolute atomic E-state index is 9.04. The van der Waals surface area contributed by atoms with Gasteiger partial charge in [-0.25, -0.2) is 0 Å². The lowest BCUT2D eigenvalue weighted by atomic mass is 10.1. The summed E-state index contributed by atoms with van der Waals surface area (Å²) in [5.74, 6) is 0. The van der Waals surface area contributed by atoms with Gasteiger partial charge < -0.3 is 15.4 Å². The van der Waals surface area contributed by atoms with Crippen molar-refractivity contribution in [2.45, 2.75) is 6.10 Å². The zero-order chi connectivity index (χ0) is 11.4. The van der Waals surface area contributed by atoms with E-state index in [0.717, 1.165) is 18.8 Å². The summed E-state index contributed by atoms with van der Waals surface area (Å²) in [6.45, 7) is 2.76. The molecule has 1 fully saturated rings. The molecular weight excluding hydrogens is 202 g/mol. The van der Waals surface area contributed by atoms with Crippen LogP contribution in [0, 0.1) is 11.3 Å². The van der Waals surface area contributed by atoms with E-state index in [1.54, 1.807) is 0 Å². The third-order valence-electron chi connectivity index (χ3n) is 2.77. The Kier molecular flexibility index (Phi) is 3.40. The molecule has 0 amide bonds. The number of rotatable bonds is 2. The van der Waals surface area contributed by atoms with Crippen molar-refractivity contribution < 1.29 is 4.74 Å². The molecule has 1 heterocycles. The Hall–Kier alpha value is -1.57. The third kappa shape index (κ3) is 2.16. The van der Waals surface area contributed by atoms with Crippen LogP contribution in [0.15, 0.2) is 24.3 Å². The van der Waals surface area contributed by atoms with Gasteiger partial charge in [-0.05, 0) is 12.1 Å². The second-order valence-electron chi connectivity index (χ2n) is 3.80. The minimum Gasteiger partial charge on any atom is -0.373 e. The summed E-state index contributed by atoms with van der Waals surface area (Å²) < 4.78 is 5.50. The van der Waals surface area contributed by atoms with Gasteiger partial charge in [0.2, 0.25) is 0 Å². The molecule has 16 heavy (non-hydrogen) atoms. The minimum absolute atomic E-state index is 0.0699. The molecule has 84 valence electrons. The number of morpholine rings is 1. The number of anilines is 1. The van der Waals surface area contributed by atoms with Gasteiger partial charge >= 0.3 is 0 Å². The van der Waals surface area contributed by atoms with Crippen LogP contribution in [0.1, 0.15) is 5.56 Å². The van der Waals surface area contributed by atoms with Gasteiger partial charge in [-0.1, -0.05) is 12.1 Å². The Bertz CT molecular complexity index is 399. The number of hydrogen-bond acceptors (Lipinski definition) is 4. The van der Waals surface area contributed by atoms with Crippen molar-refractivity contribution >= 4 is 5.69 Å². The lowest BCUT2D eigenvalue weighted by Gasteiger charge is -2.34. The lowest BCUT2D eigenvalue weighted by Crippen LogP contribution is -2.45. The van der Waals surface area contributed by atoms with Crippen molar-refractivity contribution in [3.63, 3.8) is 0 Å². The molecule has 1 atom stereocenters. The highest BCUT2D eigenvalue weighted by molar-refractivity contribution is 5.59. The third-order valence-corrected chi connectivity index (χ3v) is 2.77. The molecule has 0 saturated carbocycles. The maximum atomic E-state index is 9.04. The fraction of sp³-hybridized carbons (Fsp3) is 0.417. The number of nitrogens with two attached hydrogens (primary N) is 1. The zero-order valence-corrected chi connectivity index (χ0v) is 9.10. The van der Waals surface area contributed by atoms with Gasteiger partial charge in [-0.2, -0.15) is 5.26 Å². The van der Waals surface area contributed by atoms with Crippen molar-refractivity contribution in [3.8, 4) is 6.07 Å². The summed E-state index contributed by atoms with van der Waals surface area (Å²) in [6.07, 6.45) is 0.0699. The van der Waals surface area contributed by atoms with Gasteiger partial charge in [-0.3, -0.25) is 0 Å². The molecule has 1 aliphatic heterocycles. The fourth-order valence-corrected chi connectivity index (χ4v) is 1.92. The van der Waals surface area contributed by atoms with E-state index in [4.69, 9.17) is 15.7 Å². The molecule has 0 aromatic heterocycles. The van der Waals surface area contributed by atoms with Crippen molar-refractivity contribution in [1.29, 1.82) is 5.26 Å². The van der Waals surface area contributed by atoms with Crippen molar-refractivity contribution in [3.05, 3.63) is 29.8 Å². The SMILES string of the molecule is N#Cc1ccccc1N1CCOC(CN)C1. The minimum atomic E-state index is 0.0699. The number of nitriles is 1. The molecule has 2 N–H and O–H groups in total. The molecule has 1 unspecified atom stereocenters. The quantitative estimate of drug-likeness (QED) is 0.793. The first kappa shape index (κ1) is 10.9. The van der Waals surface area contributed by atoms with Crippen LogP contribution in [0.25, 0.3) is 0 Å². The highest BCUT2D eigenvalue weighted by Crippen LogP contribution is 2.21. The second-order valence-corrected chi connectivity index (χ2v) is 3.80. The Morgan fingerprint density at radius 1 is 1.50 bits per heavy atom. The Labute approximate surface area is 95.2 Å². The Morgan fingerprint density at radius 3 is 3.06 bits per heavy atom. The van der Waals surface area contributed by atoms with Gasteiger partial charge in [0.25, 0.3) is 0 Å². The molecule has 4 heteroatoms. The summed E-state index contributed by atoms with van der Waals surface area (Å²) >= 11 is 0. The second kappa shape index (κ2) is 4.97. The highest BCUT2D eigenvalue weighted by Gasteiger charge is 2.20. The molecule has 4 nitrogen and oxygen atoms in total. The van der Waals surface area contributed by atoms with Crippen LogP contribution in [0.4, 0.5) is 5.69 Å². The van der Waals surface area contributed by atoms with Gasteiger partial charge in [0.15, 0.2) is 0 Å². The molecule has 1 aromatic carbocycles. The topological polar surface area (TPSA) is 62.3 Å². The van der Waals surface area contributed by atoms with Crippen LogP contribution in [-0.4, -0.2) is 32.3 Å². The molecular formula is C12H15N3O. The predicted octanol–water partition coefficient (Wildman–Crippen LogP) is 0.722. The summed E-state index contributed by atoms with van der Waals surface area (Å²) in [5, 5.41) is 9.04. The molecule has 0 radical (unpaired) electrons. The summed E-state index contributed by atoms with van der Waals surface area (Å²) in [4.78, 5) is 2.17. The standard InChI is InChI=1S/C12H15N3O/c13-7-10-3-1-2-4-12(10)15-5-6-16-11(8-14)9-15/h1-4,11H,5-6,8-9,14H2. The van der Waals surface area contributed by atoms with Gasteiger partial charge in [0.05, 0.1) is 24.0 Å². The molecule has 0 bridgehead atoms. The average molecular weight is 217 g/mol. The van der Waals surface area contributed by atoms with E-state index in [0.29, 0.717) is 18.7 Å². The Morgan fingerprint density at radius 2 is 2.31 bits per heavy atom. The number of hydrogen-bond donors (Lipinski definition) is 1. The van der Waals surface area contributed by atoms with E-state index in [-0.39, 0.29) is 6.10 Å². The smallest absolute Gasteiger partial charge is 0.101 e. The first-order valence-electron chi connectivity index (χ1n) is 5.41. The zero-order valence-electron chi connectivity index (χ0n) is 9.10. The van der Waals surface area contributed by atoms with E-state index in [2.05, 4.69) is 11.0 Å². The summed E-state index contributed by atoms with van der Waals surface area (Å²) in [7, 11) is 0. The largest absolute Gasteiger partial charge is 0.373 e. The van der Waals surface area contributed by atoms with Crippen molar-refractivity contribution in [2.75, 3.05) is 31.1 Å².